The quantitative estimate of drug-likeness (QED) is 0.561. The molecule has 2 aromatic carbocycles. The van der Waals surface area contributed by atoms with Crippen molar-refractivity contribution in [1.82, 2.24) is 19.1 Å². The molecule has 4 nitrogen and oxygen atoms in total. The van der Waals surface area contributed by atoms with E-state index in [-0.39, 0.29) is 0 Å². The minimum Gasteiger partial charge on any atom is -0.337 e. The standard InChI is InChI=1S/C19H18N4/c1-2-7-16(8-3-1)23-18-10-5-4-9-17(18)21-19(23)11-6-13-22-14-12-20-15-22/h1-5,7-10,12,14-15H,6,11,13H2. The zero-order valence-corrected chi connectivity index (χ0v) is 12.8. The second-order valence-corrected chi connectivity index (χ2v) is 5.59. The Balaban J connectivity index is 1.68. The fourth-order valence-electron chi connectivity index (χ4n) is 2.95. The molecule has 0 radical (unpaired) electrons. The molecule has 0 spiro atoms. The molecule has 4 heteroatoms. The van der Waals surface area contributed by atoms with Crippen LogP contribution in [0.5, 0.6) is 0 Å². The molecule has 0 amide bonds. The second kappa shape index (κ2) is 6.08. The molecule has 2 heterocycles. The Morgan fingerprint density at radius 1 is 0.913 bits per heavy atom. The van der Waals surface area contributed by atoms with Crippen LogP contribution in [0.15, 0.2) is 73.3 Å². The van der Waals surface area contributed by atoms with E-state index in [9.17, 15) is 0 Å². The summed E-state index contributed by atoms with van der Waals surface area (Å²) in [5.41, 5.74) is 3.38. The Labute approximate surface area is 135 Å². The van der Waals surface area contributed by atoms with Crippen molar-refractivity contribution in [3.63, 3.8) is 0 Å². The highest BCUT2D eigenvalue weighted by Gasteiger charge is 2.11. The van der Waals surface area contributed by atoms with E-state index in [1.165, 1.54) is 5.69 Å². The minimum atomic E-state index is 0.932. The SMILES string of the molecule is c1ccc(-n2c(CCCn3ccnc3)nc3ccccc32)cc1. The van der Waals surface area contributed by atoms with Crippen molar-refractivity contribution in [2.75, 3.05) is 0 Å². The smallest absolute Gasteiger partial charge is 0.114 e. The van der Waals surface area contributed by atoms with Gasteiger partial charge in [0.05, 0.1) is 17.4 Å². The maximum atomic E-state index is 4.85. The molecule has 0 bridgehead atoms. The van der Waals surface area contributed by atoms with Crippen LogP contribution >= 0.6 is 0 Å². The van der Waals surface area contributed by atoms with Crippen LogP contribution in [0.4, 0.5) is 0 Å². The van der Waals surface area contributed by atoms with Gasteiger partial charge in [0, 0.05) is 31.0 Å². The van der Waals surface area contributed by atoms with E-state index in [0.717, 1.165) is 36.2 Å². The van der Waals surface area contributed by atoms with Crippen LogP contribution in [0, 0.1) is 0 Å². The zero-order valence-electron chi connectivity index (χ0n) is 12.8. The van der Waals surface area contributed by atoms with Gasteiger partial charge in [-0.2, -0.15) is 0 Å². The van der Waals surface area contributed by atoms with Gasteiger partial charge in [-0.15, -0.1) is 0 Å². The summed E-state index contributed by atoms with van der Waals surface area (Å²) in [7, 11) is 0. The van der Waals surface area contributed by atoms with Crippen molar-refractivity contribution in [3.8, 4) is 5.69 Å². The van der Waals surface area contributed by atoms with Gasteiger partial charge in [-0.3, -0.25) is 4.57 Å². The average Bonchev–Trinajstić information content (AvgIpc) is 3.23. The van der Waals surface area contributed by atoms with Crippen LogP contribution in [0.25, 0.3) is 16.7 Å². The lowest BCUT2D eigenvalue weighted by Crippen LogP contribution is -2.04. The van der Waals surface area contributed by atoms with Crippen LogP contribution in [0.3, 0.4) is 0 Å². The first-order valence-electron chi connectivity index (χ1n) is 7.89. The molecule has 0 aliphatic heterocycles. The van der Waals surface area contributed by atoms with Gasteiger partial charge in [0.25, 0.3) is 0 Å². The molecule has 23 heavy (non-hydrogen) atoms. The Morgan fingerprint density at radius 2 is 1.74 bits per heavy atom. The molecular formula is C19H18N4. The summed E-state index contributed by atoms with van der Waals surface area (Å²) in [6, 6.07) is 18.8. The third-order valence-corrected chi connectivity index (χ3v) is 4.02. The predicted molar refractivity (Wildman–Crippen MR) is 91.6 cm³/mol. The minimum absolute atomic E-state index is 0.932. The summed E-state index contributed by atoms with van der Waals surface area (Å²) in [6.07, 6.45) is 7.65. The van der Waals surface area contributed by atoms with Gasteiger partial charge in [-0.1, -0.05) is 30.3 Å². The van der Waals surface area contributed by atoms with Gasteiger partial charge in [0.2, 0.25) is 0 Å². The van der Waals surface area contributed by atoms with Crippen LogP contribution < -0.4 is 0 Å². The van der Waals surface area contributed by atoms with Crippen LogP contribution in [-0.4, -0.2) is 19.1 Å². The summed E-state index contributed by atoms with van der Waals surface area (Å²) >= 11 is 0. The number of rotatable bonds is 5. The lowest BCUT2D eigenvalue weighted by atomic mass is 10.2. The van der Waals surface area contributed by atoms with E-state index in [0.29, 0.717) is 0 Å². The number of imidazole rings is 2. The Bertz CT molecular complexity index is 892. The van der Waals surface area contributed by atoms with Gasteiger partial charge in [0.1, 0.15) is 5.82 Å². The van der Waals surface area contributed by atoms with E-state index in [1.54, 1.807) is 0 Å². The van der Waals surface area contributed by atoms with Crippen LogP contribution in [0.1, 0.15) is 12.2 Å². The van der Waals surface area contributed by atoms with E-state index in [4.69, 9.17) is 4.98 Å². The molecule has 114 valence electrons. The molecule has 0 atom stereocenters. The molecule has 4 rings (SSSR count). The third kappa shape index (κ3) is 2.75. The number of nitrogens with zero attached hydrogens (tertiary/aromatic N) is 4. The normalized spacial score (nSPS) is 11.1. The Kier molecular flexibility index (Phi) is 3.64. The third-order valence-electron chi connectivity index (χ3n) is 4.02. The maximum Gasteiger partial charge on any atom is 0.114 e. The fraction of sp³-hybridized carbons (Fsp3) is 0.158. The zero-order chi connectivity index (χ0) is 15.5. The molecular weight excluding hydrogens is 284 g/mol. The molecule has 0 N–H and O–H groups in total. The number of hydrogen-bond acceptors (Lipinski definition) is 2. The van der Waals surface area contributed by atoms with E-state index in [1.807, 2.05) is 30.9 Å². The summed E-state index contributed by atoms with van der Waals surface area (Å²) in [6.45, 7) is 0.956. The van der Waals surface area contributed by atoms with Gasteiger partial charge in [0.15, 0.2) is 0 Å². The lowest BCUT2D eigenvalue weighted by molar-refractivity contribution is 0.626. The Hall–Kier alpha value is -2.88. The van der Waals surface area contributed by atoms with Gasteiger partial charge >= 0.3 is 0 Å². The van der Waals surface area contributed by atoms with Crippen molar-refractivity contribution < 1.29 is 0 Å². The maximum absolute atomic E-state index is 4.85. The van der Waals surface area contributed by atoms with E-state index in [2.05, 4.69) is 56.6 Å². The highest BCUT2D eigenvalue weighted by molar-refractivity contribution is 5.78. The summed E-state index contributed by atoms with van der Waals surface area (Å²) < 4.78 is 4.37. The van der Waals surface area contributed by atoms with Crippen molar-refractivity contribution >= 4 is 11.0 Å². The number of fused-ring (bicyclic) bond motifs is 1. The first kappa shape index (κ1) is 13.8. The van der Waals surface area contributed by atoms with Gasteiger partial charge < -0.3 is 4.57 Å². The number of hydrogen-bond donors (Lipinski definition) is 0. The molecule has 2 aromatic heterocycles. The first-order valence-corrected chi connectivity index (χ1v) is 7.89. The monoisotopic (exact) mass is 302 g/mol. The van der Waals surface area contributed by atoms with Gasteiger partial charge in [-0.25, -0.2) is 9.97 Å². The van der Waals surface area contributed by atoms with Crippen molar-refractivity contribution in [2.45, 2.75) is 19.4 Å². The summed E-state index contributed by atoms with van der Waals surface area (Å²) in [4.78, 5) is 8.94. The molecule has 0 unspecified atom stereocenters. The van der Waals surface area contributed by atoms with Crippen molar-refractivity contribution in [1.29, 1.82) is 0 Å². The molecule has 0 saturated carbocycles. The number of aromatic nitrogens is 4. The number of para-hydroxylation sites is 3. The highest BCUT2D eigenvalue weighted by Crippen LogP contribution is 2.22. The Morgan fingerprint density at radius 3 is 2.57 bits per heavy atom. The summed E-state index contributed by atoms with van der Waals surface area (Å²) in [5, 5.41) is 0. The largest absolute Gasteiger partial charge is 0.337 e. The summed E-state index contributed by atoms with van der Waals surface area (Å²) in [5.74, 6) is 1.11. The molecule has 0 aliphatic rings. The highest BCUT2D eigenvalue weighted by atomic mass is 15.1. The van der Waals surface area contributed by atoms with Crippen LogP contribution in [-0.2, 0) is 13.0 Å². The fourth-order valence-corrected chi connectivity index (χ4v) is 2.95. The number of benzene rings is 2. The molecule has 0 fully saturated rings. The lowest BCUT2D eigenvalue weighted by Gasteiger charge is -2.09. The first-order chi connectivity index (χ1) is 11.4. The molecule has 0 saturated heterocycles. The molecule has 4 aromatic rings. The van der Waals surface area contributed by atoms with E-state index >= 15 is 0 Å². The van der Waals surface area contributed by atoms with Crippen LogP contribution in [0.2, 0.25) is 0 Å². The van der Waals surface area contributed by atoms with Crippen molar-refractivity contribution in [3.05, 3.63) is 79.1 Å². The number of aryl methyl sites for hydroxylation is 2. The van der Waals surface area contributed by atoms with E-state index < -0.39 is 0 Å². The predicted octanol–water partition coefficient (Wildman–Crippen LogP) is 3.85. The topological polar surface area (TPSA) is 35.6 Å². The van der Waals surface area contributed by atoms with Gasteiger partial charge in [-0.05, 0) is 30.7 Å². The second-order valence-electron chi connectivity index (χ2n) is 5.59. The van der Waals surface area contributed by atoms with Crippen molar-refractivity contribution in [2.24, 2.45) is 0 Å². The average molecular weight is 302 g/mol. The molecule has 0 aliphatic carbocycles.